The number of alkyl halides is 6. The van der Waals surface area contributed by atoms with Crippen LogP contribution in [0.25, 0.3) is 0 Å². The van der Waals surface area contributed by atoms with Crippen LogP contribution in [0.1, 0.15) is 11.1 Å². The van der Waals surface area contributed by atoms with Gasteiger partial charge >= 0.3 is 12.4 Å². The highest BCUT2D eigenvalue weighted by Gasteiger charge is 2.41. The Bertz CT molecular complexity index is 494. The first-order valence-electron chi connectivity index (χ1n) is 4.17. The summed E-state index contributed by atoms with van der Waals surface area (Å²) < 4.78 is 74.1. The van der Waals surface area contributed by atoms with Crippen LogP contribution in [0.15, 0.2) is 12.1 Å². The molecular weight excluding hydrogens is 270 g/mol. The summed E-state index contributed by atoms with van der Waals surface area (Å²) in [6, 6.07) is -0.299. The number of halogens is 6. The molecule has 0 saturated heterocycles. The number of nitrogens with zero attached hydrogens (tertiary/aromatic N) is 1. The van der Waals surface area contributed by atoms with E-state index in [-0.39, 0.29) is 12.1 Å². The van der Waals surface area contributed by atoms with Crippen LogP contribution in [0.2, 0.25) is 0 Å². The Morgan fingerprint density at radius 3 is 1.89 bits per heavy atom. The quantitative estimate of drug-likeness (QED) is 0.370. The topological polar surface area (TPSA) is 69.2 Å². The van der Waals surface area contributed by atoms with Crippen LogP contribution >= 0.6 is 0 Å². The smallest absolute Gasteiger partial charge is 0.393 e. The third-order valence-corrected chi connectivity index (χ3v) is 1.99. The molecule has 1 rings (SSSR count). The largest absolute Gasteiger partial charge is 0.418 e. The maximum atomic E-state index is 12.4. The predicted molar refractivity (Wildman–Crippen MR) is 47.5 cm³/mol. The van der Waals surface area contributed by atoms with Gasteiger partial charge in [-0.2, -0.15) is 26.3 Å². The summed E-state index contributed by atoms with van der Waals surface area (Å²) in [5, 5.41) is 10.4. The minimum absolute atomic E-state index is 0.0371. The summed E-state index contributed by atoms with van der Waals surface area (Å²) in [6.07, 6.45) is -10.4. The highest BCUT2D eigenvalue weighted by Crippen LogP contribution is 2.42. The number of hydrogen-bond acceptors (Lipinski definition) is 3. The molecule has 0 saturated carbocycles. The van der Waals surface area contributed by atoms with Crippen molar-refractivity contribution in [1.82, 2.24) is 0 Å². The Morgan fingerprint density at radius 1 is 1.06 bits per heavy atom. The zero-order chi connectivity index (χ0) is 14.3. The molecule has 0 fully saturated rings. The molecule has 18 heavy (non-hydrogen) atoms. The standard InChI is InChI=1S/C8H4F6N2O2/c9-7(10,11)3-1-4(8(12,13)14)6(15)5(2-3)16(17)18/h1-2H,15H2. The lowest BCUT2D eigenvalue weighted by atomic mass is 10.1. The summed E-state index contributed by atoms with van der Waals surface area (Å²) in [4.78, 5) is 8.97. The van der Waals surface area contributed by atoms with Gasteiger partial charge in [-0.25, -0.2) is 0 Å². The maximum Gasteiger partial charge on any atom is 0.418 e. The SMILES string of the molecule is Nc1c([N+](=O)[O-])cc(C(F)(F)F)cc1C(F)(F)F. The highest BCUT2D eigenvalue weighted by molar-refractivity contribution is 5.65. The molecule has 0 radical (unpaired) electrons. The lowest BCUT2D eigenvalue weighted by Gasteiger charge is -2.13. The number of nitro groups is 1. The van der Waals surface area contributed by atoms with Crippen molar-refractivity contribution in [1.29, 1.82) is 0 Å². The van der Waals surface area contributed by atoms with E-state index >= 15 is 0 Å². The number of hydrogen-bond donors (Lipinski definition) is 1. The number of rotatable bonds is 1. The molecule has 4 nitrogen and oxygen atoms in total. The van der Waals surface area contributed by atoms with Gasteiger partial charge in [0.1, 0.15) is 5.69 Å². The molecule has 0 amide bonds. The second-order valence-corrected chi connectivity index (χ2v) is 3.21. The van der Waals surface area contributed by atoms with Gasteiger partial charge in [0.2, 0.25) is 0 Å². The van der Waals surface area contributed by atoms with E-state index < -0.39 is 39.8 Å². The van der Waals surface area contributed by atoms with Crippen LogP contribution in [-0.4, -0.2) is 4.92 Å². The second-order valence-electron chi connectivity index (χ2n) is 3.21. The second kappa shape index (κ2) is 4.03. The molecule has 0 spiro atoms. The zero-order valence-corrected chi connectivity index (χ0v) is 8.26. The third-order valence-electron chi connectivity index (χ3n) is 1.99. The molecule has 0 aromatic heterocycles. The van der Waals surface area contributed by atoms with Gasteiger partial charge in [-0.1, -0.05) is 0 Å². The molecule has 1 aromatic rings. The van der Waals surface area contributed by atoms with Crippen LogP contribution in [0.5, 0.6) is 0 Å². The molecule has 2 N–H and O–H groups in total. The lowest BCUT2D eigenvalue weighted by molar-refractivity contribution is -0.384. The van der Waals surface area contributed by atoms with Crippen molar-refractivity contribution in [2.45, 2.75) is 12.4 Å². The fraction of sp³-hybridized carbons (Fsp3) is 0.250. The molecule has 0 bridgehead atoms. The predicted octanol–water partition coefficient (Wildman–Crippen LogP) is 3.21. The zero-order valence-electron chi connectivity index (χ0n) is 8.26. The van der Waals surface area contributed by atoms with Crippen molar-refractivity contribution in [2.24, 2.45) is 0 Å². The molecule has 0 aliphatic carbocycles. The van der Waals surface area contributed by atoms with E-state index in [0.717, 1.165) is 0 Å². The van der Waals surface area contributed by atoms with Crippen LogP contribution < -0.4 is 5.73 Å². The molecular formula is C8H4F6N2O2. The van der Waals surface area contributed by atoms with E-state index in [2.05, 4.69) is 0 Å². The van der Waals surface area contributed by atoms with E-state index in [1.54, 1.807) is 0 Å². The fourth-order valence-electron chi connectivity index (χ4n) is 1.19. The summed E-state index contributed by atoms with van der Waals surface area (Å²) in [5.41, 5.74) is -1.59. The van der Waals surface area contributed by atoms with Crippen molar-refractivity contribution in [3.05, 3.63) is 33.4 Å². The maximum absolute atomic E-state index is 12.4. The fourth-order valence-corrected chi connectivity index (χ4v) is 1.19. The number of nitro benzene ring substituents is 1. The molecule has 0 aliphatic heterocycles. The van der Waals surface area contributed by atoms with Crippen molar-refractivity contribution < 1.29 is 31.3 Å². The summed E-state index contributed by atoms with van der Waals surface area (Å²) in [6.45, 7) is 0. The molecule has 10 heteroatoms. The van der Waals surface area contributed by atoms with Gasteiger partial charge in [-0.3, -0.25) is 10.1 Å². The molecule has 0 unspecified atom stereocenters. The minimum atomic E-state index is -5.21. The van der Waals surface area contributed by atoms with Gasteiger partial charge in [-0.15, -0.1) is 0 Å². The van der Waals surface area contributed by atoms with Gasteiger partial charge in [0.05, 0.1) is 16.1 Å². The van der Waals surface area contributed by atoms with Gasteiger partial charge in [-0.05, 0) is 6.07 Å². The highest BCUT2D eigenvalue weighted by atomic mass is 19.4. The Morgan fingerprint density at radius 2 is 1.56 bits per heavy atom. The number of nitrogen functional groups attached to an aromatic ring is 1. The molecule has 100 valence electrons. The van der Waals surface area contributed by atoms with Gasteiger partial charge < -0.3 is 5.73 Å². The Hall–Kier alpha value is -2.00. The molecule has 1 aromatic carbocycles. The Kier molecular flexibility index (Phi) is 3.15. The minimum Gasteiger partial charge on any atom is -0.393 e. The normalized spacial score (nSPS) is 12.6. The van der Waals surface area contributed by atoms with E-state index in [4.69, 9.17) is 5.73 Å². The van der Waals surface area contributed by atoms with Crippen LogP contribution in [-0.2, 0) is 12.4 Å². The van der Waals surface area contributed by atoms with E-state index in [1.165, 1.54) is 0 Å². The van der Waals surface area contributed by atoms with Crippen molar-refractivity contribution in [3.63, 3.8) is 0 Å². The average molecular weight is 274 g/mol. The van der Waals surface area contributed by atoms with Crippen LogP contribution in [0.4, 0.5) is 37.7 Å². The number of anilines is 1. The van der Waals surface area contributed by atoms with Crippen molar-refractivity contribution in [2.75, 3.05) is 5.73 Å². The average Bonchev–Trinajstić information content (AvgIpc) is 2.13. The third kappa shape index (κ3) is 2.63. The van der Waals surface area contributed by atoms with Gasteiger partial charge in [0.15, 0.2) is 0 Å². The molecule has 0 atom stereocenters. The number of nitrogens with two attached hydrogens (primary N) is 1. The monoisotopic (exact) mass is 274 g/mol. The van der Waals surface area contributed by atoms with Gasteiger partial charge in [0, 0.05) is 6.07 Å². The van der Waals surface area contributed by atoms with Crippen LogP contribution in [0, 0.1) is 10.1 Å². The summed E-state index contributed by atoms with van der Waals surface area (Å²) in [5.74, 6) is 0. The summed E-state index contributed by atoms with van der Waals surface area (Å²) >= 11 is 0. The molecule has 0 aliphatic rings. The summed E-state index contributed by atoms with van der Waals surface area (Å²) in [7, 11) is 0. The van der Waals surface area contributed by atoms with Crippen molar-refractivity contribution >= 4 is 11.4 Å². The lowest BCUT2D eigenvalue weighted by Crippen LogP contribution is -2.14. The van der Waals surface area contributed by atoms with Crippen LogP contribution in [0.3, 0.4) is 0 Å². The first-order chi connectivity index (χ1) is 7.94. The Balaban J connectivity index is 3.63. The first kappa shape index (κ1) is 14.1. The van der Waals surface area contributed by atoms with E-state index in [0.29, 0.717) is 0 Å². The van der Waals surface area contributed by atoms with Gasteiger partial charge in [0.25, 0.3) is 5.69 Å². The Labute approximate surface area is 95.1 Å². The molecule has 0 heterocycles. The first-order valence-corrected chi connectivity index (χ1v) is 4.17. The van der Waals surface area contributed by atoms with E-state index in [1.807, 2.05) is 0 Å². The number of benzene rings is 1. The van der Waals surface area contributed by atoms with E-state index in [9.17, 15) is 36.5 Å². The van der Waals surface area contributed by atoms with Crippen molar-refractivity contribution in [3.8, 4) is 0 Å².